The summed E-state index contributed by atoms with van der Waals surface area (Å²) in [6, 6.07) is 0.200. The number of allylic oxidation sites excluding steroid dienone is 2. The molecule has 16 amide bonds. The van der Waals surface area contributed by atoms with Crippen LogP contribution in [-0.4, -0.2) is 300 Å². The van der Waals surface area contributed by atoms with Crippen molar-refractivity contribution < 1.29 is 96.8 Å². The Kier molecular flexibility index (Phi) is 34.0. The average molecular weight is 1740 g/mol. The second kappa shape index (κ2) is 44.2. The zero-order valence-corrected chi connectivity index (χ0v) is 71.1. The lowest BCUT2D eigenvalue weighted by molar-refractivity contribution is -0.149. The highest BCUT2D eigenvalue weighted by molar-refractivity contribution is 8.00. The number of hydrogen-bond acceptors (Lipinski definition) is 22. The number of phenolic OH excluding ortho intramolecular Hbond substituents is 1. The van der Waals surface area contributed by atoms with Crippen LogP contribution in [0.5, 0.6) is 5.75 Å². The van der Waals surface area contributed by atoms with Crippen molar-refractivity contribution in [3.63, 3.8) is 0 Å². The number of carbonyl (C=O) groups is 17. The number of phenols is 1. The molecule has 5 aromatic rings. The number of likely N-dealkylation sites (N-methyl/N-ethyl adjacent to an activating group) is 3. The summed E-state index contributed by atoms with van der Waals surface area (Å²) >= 11 is 0.787. The lowest BCUT2D eigenvalue weighted by Gasteiger charge is -2.36. The number of nitrogens with zero attached hydrogens (tertiary/aromatic N) is 5. The van der Waals surface area contributed by atoms with Gasteiger partial charge in [-0.15, -0.1) is 11.8 Å². The van der Waals surface area contributed by atoms with Crippen molar-refractivity contribution in [3.05, 3.63) is 114 Å². The smallest absolute Gasteiger partial charge is 0.245 e. The number of para-hydroxylation sites is 2. The first kappa shape index (κ1) is 95.5. The van der Waals surface area contributed by atoms with E-state index in [0.717, 1.165) is 36.3 Å². The number of fused-ring (bicyclic) bond motifs is 7. The van der Waals surface area contributed by atoms with Crippen LogP contribution in [0.3, 0.4) is 0 Å². The van der Waals surface area contributed by atoms with Gasteiger partial charge in [0.25, 0.3) is 0 Å². The highest BCUT2D eigenvalue weighted by Gasteiger charge is 2.46. The second-order valence-corrected chi connectivity index (χ2v) is 33.3. The molecule has 20 N–H and O–H groups in total. The molecule has 2 aromatic heterocycles. The Bertz CT molecular complexity index is 4810. The van der Waals surface area contributed by atoms with Gasteiger partial charge in [-0.25, -0.2) is 0 Å². The molecule has 40 heteroatoms. The number of aromatic hydroxyl groups is 1. The number of rotatable bonds is 15. The molecule has 0 radical (unpaired) electrons. The number of aliphatic hydroxyl groups is 2. The maximum atomic E-state index is 15.5. The minimum absolute atomic E-state index is 0.0178. The fourth-order valence-corrected chi connectivity index (χ4v) is 16.6. The van der Waals surface area contributed by atoms with Gasteiger partial charge in [-0.1, -0.05) is 74.5 Å². The summed E-state index contributed by atoms with van der Waals surface area (Å²) < 4.78 is 0. The fraction of sp³-hybridized carbons (Fsp3) is 0.512. The van der Waals surface area contributed by atoms with Crippen LogP contribution in [0.15, 0.2) is 97.3 Å². The summed E-state index contributed by atoms with van der Waals surface area (Å²) in [5.41, 5.74) is 20.0. The van der Waals surface area contributed by atoms with Gasteiger partial charge < -0.3 is 115 Å². The number of hydrogen-bond donors (Lipinski definition) is 17. The number of ketones is 1. The second-order valence-electron chi connectivity index (χ2n) is 32.3. The summed E-state index contributed by atoms with van der Waals surface area (Å²) in [7, 11) is 3.92. The lowest BCUT2D eigenvalue weighted by Crippen LogP contribution is -2.62. The molecule has 2 bridgehead atoms. The van der Waals surface area contributed by atoms with E-state index in [1.807, 2.05) is 0 Å². The molecule has 3 aromatic carbocycles. The van der Waals surface area contributed by atoms with Gasteiger partial charge in [0.05, 0.1) is 37.0 Å². The number of carbonyl (C=O) groups excluding carboxylic acids is 17. The monoisotopic (exact) mass is 1740 g/mol. The molecule has 0 saturated carbocycles. The Morgan fingerprint density at radius 3 is 1.71 bits per heavy atom. The van der Waals surface area contributed by atoms with Crippen LogP contribution in [0.4, 0.5) is 0 Å². The van der Waals surface area contributed by atoms with E-state index >= 15 is 24.0 Å². The topological polar surface area (TPSA) is 585 Å². The van der Waals surface area contributed by atoms with E-state index in [-0.39, 0.29) is 94.6 Å². The van der Waals surface area contributed by atoms with Crippen molar-refractivity contribution in [1.82, 2.24) is 82.3 Å². The van der Waals surface area contributed by atoms with Gasteiger partial charge in [-0.3, -0.25) is 81.5 Å². The van der Waals surface area contributed by atoms with E-state index in [1.54, 1.807) is 86.9 Å². The Morgan fingerprint density at radius 1 is 0.556 bits per heavy atom. The Balaban J connectivity index is 1.05. The summed E-state index contributed by atoms with van der Waals surface area (Å²) in [6.45, 7) is 3.23. The summed E-state index contributed by atoms with van der Waals surface area (Å²) in [5.74, 6) is -18.3. The first-order valence-corrected chi connectivity index (χ1v) is 42.4. The van der Waals surface area contributed by atoms with E-state index in [2.05, 4.69) is 57.8 Å². The Hall–Kier alpha value is -12.3. The maximum absolute atomic E-state index is 15.5. The highest BCUT2D eigenvalue weighted by atomic mass is 32.2. The van der Waals surface area contributed by atoms with Gasteiger partial charge in [0.15, 0.2) is 5.78 Å². The Labute approximate surface area is 719 Å². The van der Waals surface area contributed by atoms with E-state index < -0.39 is 236 Å². The molecule has 15 atom stereocenters. The quantitative estimate of drug-likeness (QED) is 0.0456. The van der Waals surface area contributed by atoms with Gasteiger partial charge in [0.1, 0.15) is 78.3 Å². The number of aromatic nitrogens is 2. The normalized spacial score (nSPS) is 26.9. The largest absolute Gasteiger partial charge is 0.508 e. The molecule has 4 aliphatic heterocycles. The van der Waals surface area contributed by atoms with Crippen molar-refractivity contribution in [2.24, 2.45) is 29.0 Å². The molecule has 9 rings (SSSR count). The van der Waals surface area contributed by atoms with Crippen LogP contribution in [-0.2, 0) is 101 Å². The van der Waals surface area contributed by atoms with Crippen LogP contribution in [0.2, 0.25) is 0 Å². The lowest BCUT2D eigenvalue weighted by atomic mass is 9.93. The van der Waals surface area contributed by atoms with Crippen molar-refractivity contribution in [2.75, 3.05) is 65.4 Å². The fourth-order valence-electron chi connectivity index (χ4n) is 15.8. The predicted molar refractivity (Wildman–Crippen MR) is 453 cm³/mol. The Morgan fingerprint density at radius 2 is 1.10 bits per heavy atom. The van der Waals surface area contributed by atoms with Crippen LogP contribution in [0.25, 0.3) is 21.8 Å². The van der Waals surface area contributed by atoms with E-state index in [4.69, 9.17) is 17.2 Å². The number of nitrogens with two attached hydrogens (primary N) is 3. The molecule has 670 valence electrons. The average Bonchev–Trinajstić information content (AvgIpc) is 1.65. The molecule has 39 nitrogen and oxygen atoms in total. The van der Waals surface area contributed by atoms with Gasteiger partial charge >= 0.3 is 0 Å². The van der Waals surface area contributed by atoms with E-state index in [9.17, 15) is 72.9 Å². The molecule has 124 heavy (non-hydrogen) atoms. The van der Waals surface area contributed by atoms with Crippen molar-refractivity contribution in [1.29, 1.82) is 0 Å². The van der Waals surface area contributed by atoms with Crippen molar-refractivity contribution in [3.8, 4) is 5.75 Å². The molecule has 6 heterocycles. The third-order valence-corrected chi connectivity index (χ3v) is 23.8. The molecule has 0 unspecified atom stereocenters. The minimum Gasteiger partial charge on any atom is -0.508 e. The molecular formula is C84H113N19O20S. The zero-order valence-electron chi connectivity index (χ0n) is 70.3. The molecule has 0 aliphatic carbocycles. The first-order chi connectivity index (χ1) is 59.0. The van der Waals surface area contributed by atoms with Gasteiger partial charge in [0, 0.05) is 119 Å². The molecule has 3 saturated heterocycles. The van der Waals surface area contributed by atoms with Gasteiger partial charge in [0.2, 0.25) is 94.5 Å². The summed E-state index contributed by atoms with van der Waals surface area (Å²) in [5, 5.41) is 57.2. The van der Waals surface area contributed by atoms with E-state index in [1.165, 1.54) is 59.3 Å². The molecule has 3 fully saturated rings. The zero-order chi connectivity index (χ0) is 90.5. The third-order valence-electron chi connectivity index (χ3n) is 22.7. The number of thioether (sulfide) groups is 1. The van der Waals surface area contributed by atoms with Gasteiger partial charge in [-0.05, 0) is 106 Å². The standard InChI is InChI=1S/C84H113N19O20S/c1-44(2)29-58-83(122)103-40-52(106)35-67(103)79(118)93-57(31-49-37-88-55-19-14-12-17-53(49)55)74(113)97-62(41-104)76(115)95-60(32-50-38-89-56-20-15-13-18-54(50)56)82(121)101(7)66-22-11-9-8-10-21-64(100(6)84(66)123)77(116)91-45(3)72(111)98-63(73(112)90-39-70(87)109)42-124-43-71(110)92-59(30-47-24-26-51(105)27-25-47)81(120)99(5)46(4)68(107)33-48(34-69(86)108)80(119)102-28-16-23-65(102)78(117)96-61(36-85)75(114)94-58/h8-9,12-15,17-20,24-27,37-38,44-46,48,52,57-67,88-89,104-106H,10-11,16,21-23,28-36,39-43,85H2,1-7H3,(H2,86,108)(H2,87,109)(H,90,112)(H,91,116)(H,92,110)(H,93,118)(H,94,114)(H,95,115)(H,96,117)(H,97,113)(H,98,111)/b9-8-/t45-,46+,48+,52-,57-,58+,59+,60+,61+,62+,63-,64-,65+,66+,67+/m1/s1. The number of aromatic amines is 2. The van der Waals surface area contributed by atoms with E-state index in [0.29, 0.717) is 38.5 Å². The van der Waals surface area contributed by atoms with Crippen LogP contribution in [0, 0.1) is 11.8 Å². The van der Waals surface area contributed by atoms with Crippen molar-refractivity contribution >= 4 is 134 Å². The number of H-pyrrole nitrogens is 2. The van der Waals surface area contributed by atoms with Crippen LogP contribution in [0.1, 0.15) is 109 Å². The van der Waals surface area contributed by atoms with Gasteiger partial charge in [-0.2, -0.15) is 0 Å². The number of amides is 16. The van der Waals surface area contributed by atoms with Crippen LogP contribution < -0.4 is 65.1 Å². The predicted octanol–water partition coefficient (Wildman–Crippen LogP) is -3.34. The number of benzene rings is 3. The minimum atomic E-state index is -1.87. The summed E-state index contributed by atoms with van der Waals surface area (Å²) in [4.78, 5) is 257. The number of aliphatic hydroxyl groups excluding tert-OH is 2. The number of primary amides is 2. The maximum Gasteiger partial charge on any atom is 0.245 e. The number of nitrogens with one attached hydrogen (secondary N) is 11. The third kappa shape index (κ3) is 25.0. The molecule has 0 spiro atoms. The van der Waals surface area contributed by atoms with Crippen molar-refractivity contribution in [2.45, 2.75) is 196 Å². The molecular weight excluding hydrogens is 1630 g/mol. The summed E-state index contributed by atoms with van der Waals surface area (Å²) in [6.07, 6.45) is 3.45. The number of Topliss-reactive ketones (excluding diaryl/α,β-unsaturated/α-hetero) is 1. The van der Waals surface area contributed by atoms with Crippen LogP contribution >= 0.6 is 11.8 Å². The SMILES string of the molecule is CC(C)C[C@@H]1NC(=O)[C@H](CN)NC(=O)[C@@H]2CCCN2C(=O)[C@H](CC(N)=O)CC(=O)[C@H](C)N(C)C(=O)[C@H](Cc2ccc(O)cc2)NC(=O)CSC[C@H](C(=O)NCC(N)=O)NC(=O)[C@@H](C)NC(=O)[C@H]2CC/C=C\CC[C@@H](C(=O)N2C)N(C)C(=O)[C@H](Cc2c[nH]c3ccccc23)NC(=O)[C@H](CO)NC(=O)[C@@H](Cc2c[nH]c3ccccc23)NC(=O)[C@@H]2C[C@@H](O)CN2C1=O. The first-order valence-electron chi connectivity index (χ1n) is 41.3. The highest BCUT2D eigenvalue weighted by Crippen LogP contribution is 2.29. The molecule has 4 aliphatic rings.